The van der Waals surface area contributed by atoms with Gasteiger partial charge in [0.1, 0.15) is 0 Å². The van der Waals surface area contributed by atoms with E-state index in [-0.39, 0.29) is 0 Å². The standard InChI is InChI=1S/C12H14ClN3/c1-9-12(16-8-15-9)7-14-6-10-2-4-11(13)5-3-10/h2-5,8,14H,6-7H2,1H3,(H,15,16). The van der Waals surface area contributed by atoms with Crippen LogP contribution in [0.5, 0.6) is 0 Å². The predicted octanol–water partition coefficient (Wildman–Crippen LogP) is 2.66. The summed E-state index contributed by atoms with van der Waals surface area (Å²) in [6.07, 6.45) is 1.72. The van der Waals surface area contributed by atoms with Crippen LogP contribution in [0, 0.1) is 6.92 Å². The molecule has 0 atom stereocenters. The van der Waals surface area contributed by atoms with Crippen LogP contribution in [0.3, 0.4) is 0 Å². The predicted molar refractivity (Wildman–Crippen MR) is 65.3 cm³/mol. The summed E-state index contributed by atoms with van der Waals surface area (Å²) in [6, 6.07) is 7.84. The smallest absolute Gasteiger partial charge is 0.0925 e. The third kappa shape index (κ3) is 2.84. The summed E-state index contributed by atoms with van der Waals surface area (Å²) in [5.41, 5.74) is 3.40. The molecule has 0 aliphatic rings. The van der Waals surface area contributed by atoms with Crippen LogP contribution in [0.15, 0.2) is 30.6 Å². The van der Waals surface area contributed by atoms with Crippen molar-refractivity contribution in [1.82, 2.24) is 15.3 Å². The van der Waals surface area contributed by atoms with E-state index in [9.17, 15) is 0 Å². The Bertz CT molecular complexity index is 448. The Balaban J connectivity index is 1.84. The Hall–Kier alpha value is -1.32. The van der Waals surface area contributed by atoms with Gasteiger partial charge in [-0.15, -0.1) is 0 Å². The van der Waals surface area contributed by atoms with Crippen LogP contribution in [-0.2, 0) is 13.1 Å². The molecule has 0 unspecified atom stereocenters. The van der Waals surface area contributed by atoms with E-state index in [4.69, 9.17) is 11.6 Å². The van der Waals surface area contributed by atoms with E-state index in [1.54, 1.807) is 6.33 Å². The fraction of sp³-hybridized carbons (Fsp3) is 0.250. The van der Waals surface area contributed by atoms with E-state index in [1.165, 1.54) is 5.56 Å². The molecule has 0 radical (unpaired) electrons. The zero-order valence-corrected chi connectivity index (χ0v) is 9.88. The maximum atomic E-state index is 5.81. The van der Waals surface area contributed by atoms with E-state index >= 15 is 0 Å². The molecule has 1 heterocycles. The van der Waals surface area contributed by atoms with Gasteiger partial charge in [0.05, 0.1) is 12.0 Å². The number of halogens is 1. The van der Waals surface area contributed by atoms with Gasteiger partial charge >= 0.3 is 0 Å². The summed E-state index contributed by atoms with van der Waals surface area (Å²) in [6.45, 7) is 3.62. The summed E-state index contributed by atoms with van der Waals surface area (Å²) in [5, 5.41) is 4.11. The van der Waals surface area contributed by atoms with Gasteiger partial charge in [-0.05, 0) is 24.6 Å². The molecule has 0 aliphatic heterocycles. The number of H-pyrrole nitrogens is 1. The number of benzene rings is 1. The molecule has 3 nitrogen and oxygen atoms in total. The zero-order chi connectivity index (χ0) is 11.4. The summed E-state index contributed by atoms with van der Waals surface area (Å²) in [4.78, 5) is 7.28. The minimum Gasteiger partial charge on any atom is -0.348 e. The minimum absolute atomic E-state index is 0.770. The molecule has 0 amide bonds. The summed E-state index contributed by atoms with van der Waals surface area (Å²) in [7, 11) is 0. The first-order chi connectivity index (χ1) is 7.75. The Morgan fingerprint density at radius 2 is 2.00 bits per heavy atom. The van der Waals surface area contributed by atoms with Crippen molar-refractivity contribution in [3.63, 3.8) is 0 Å². The number of hydrogen-bond donors (Lipinski definition) is 2. The summed E-state index contributed by atoms with van der Waals surface area (Å²) < 4.78 is 0. The van der Waals surface area contributed by atoms with Crippen molar-refractivity contribution in [3.8, 4) is 0 Å². The number of aromatic nitrogens is 2. The number of nitrogens with one attached hydrogen (secondary N) is 2. The third-order valence-electron chi connectivity index (χ3n) is 2.47. The molecular weight excluding hydrogens is 222 g/mol. The molecule has 1 aromatic carbocycles. The Labute approximate surface area is 99.9 Å². The third-order valence-corrected chi connectivity index (χ3v) is 2.72. The molecule has 0 saturated heterocycles. The van der Waals surface area contributed by atoms with E-state index in [0.29, 0.717) is 0 Å². The van der Waals surface area contributed by atoms with Crippen LogP contribution in [0.1, 0.15) is 17.0 Å². The number of aromatic amines is 1. The molecule has 16 heavy (non-hydrogen) atoms. The normalized spacial score (nSPS) is 10.6. The first-order valence-electron chi connectivity index (χ1n) is 5.20. The van der Waals surface area contributed by atoms with Gasteiger partial charge in [-0.1, -0.05) is 23.7 Å². The fourth-order valence-electron chi connectivity index (χ4n) is 1.49. The highest BCUT2D eigenvalue weighted by molar-refractivity contribution is 6.30. The van der Waals surface area contributed by atoms with Gasteiger partial charge < -0.3 is 10.3 Å². The first-order valence-corrected chi connectivity index (χ1v) is 5.57. The van der Waals surface area contributed by atoms with E-state index < -0.39 is 0 Å². The average Bonchev–Trinajstić information content (AvgIpc) is 2.68. The largest absolute Gasteiger partial charge is 0.348 e. The van der Waals surface area contributed by atoms with Crippen molar-refractivity contribution in [1.29, 1.82) is 0 Å². The maximum Gasteiger partial charge on any atom is 0.0925 e. The highest BCUT2D eigenvalue weighted by atomic mass is 35.5. The Morgan fingerprint density at radius 1 is 1.25 bits per heavy atom. The molecular formula is C12H14ClN3. The molecule has 4 heteroatoms. The molecule has 0 fully saturated rings. The second-order valence-electron chi connectivity index (χ2n) is 3.70. The maximum absolute atomic E-state index is 5.81. The molecule has 0 spiro atoms. The van der Waals surface area contributed by atoms with E-state index in [2.05, 4.69) is 15.3 Å². The first kappa shape index (κ1) is 11.2. The second-order valence-corrected chi connectivity index (χ2v) is 4.14. The van der Waals surface area contributed by atoms with Crippen LogP contribution >= 0.6 is 11.6 Å². The van der Waals surface area contributed by atoms with Crippen molar-refractivity contribution >= 4 is 11.6 Å². The van der Waals surface area contributed by atoms with Gasteiger partial charge in [-0.3, -0.25) is 0 Å². The highest BCUT2D eigenvalue weighted by Crippen LogP contribution is 2.09. The average molecular weight is 236 g/mol. The van der Waals surface area contributed by atoms with Gasteiger partial charge in [-0.25, -0.2) is 4.98 Å². The van der Waals surface area contributed by atoms with Gasteiger partial charge in [0, 0.05) is 23.8 Å². The second kappa shape index (κ2) is 5.14. The Morgan fingerprint density at radius 3 is 2.62 bits per heavy atom. The lowest BCUT2D eigenvalue weighted by Crippen LogP contribution is -2.13. The van der Waals surface area contributed by atoms with Crippen molar-refractivity contribution in [2.75, 3.05) is 0 Å². The number of hydrogen-bond acceptors (Lipinski definition) is 2. The summed E-state index contributed by atoms with van der Waals surface area (Å²) in [5.74, 6) is 0. The van der Waals surface area contributed by atoms with Crippen LogP contribution in [0.25, 0.3) is 0 Å². The fourth-order valence-corrected chi connectivity index (χ4v) is 1.62. The lowest BCUT2D eigenvalue weighted by atomic mass is 10.2. The lowest BCUT2D eigenvalue weighted by Gasteiger charge is -2.03. The molecule has 84 valence electrons. The van der Waals surface area contributed by atoms with Gasteiger partial charge in [0.15, 0.2) is 0 Å². The Kier molecular flexibility index (Phi) is 3.59. The zero-order valence-electron chi connectivity index (χ0n) is 9.13. The lowest BCUT2D eigenvalue weighted by molar-refractivity contribution is 0.679. The topological polar surface area (TPSA) is 40.7 Å². The van der Waals surface area contributed by atoms with Crippen LogP contribution in [-0.4, -0.2) is 9.97 Å². The van der Waals surface area contributed by atoms with Crippen molar-refractivity contribution in [3.05, 3.63) is 52.6 Å². The van der Waals surface area contributed by atoms with Crippen LogP contribution in [0.4, 0.5) is 0 Å². The molecule has 1 aromatic heterocycles. The van der Waals surface area contributed by atoms with Gasteiger partial charge in [0.2, 0.25) is 0 Å². The van der Waals surface area contributed by atoms with Crippen molar-refractivity contribution in [2.45, 2.75) is 20.0 Å². The highest BCUT2D eigenvalue weighted by Gasteiger charge is 1.99. The van der Waals surface area contributed by atoms with E-state index in [0.717, 1.165) is 29.5 Å². The number of aryl methyl sites for hydroxylation is 1. The number of imidazole rings is 1. The minimum atomic E-state index is 0.770. The monoisotopic (exact) mass is 235 g/mol. The van der Waals surface area contributed by atoms with Gasteiger partial charge in [-0.2, -0.15) is 0 Å². The van der Waals surface area contributed by atoms with Crippen LogP contribution in [0.2, 0.25) is 5.02 Å². The molecule has 0 aliphatic carbocycles. The molecule has 2 N–H and O–H groups in total. The number of nitrogens with zero attached hydrogens (tertiary/aromatic N) is 1. The number of rotatable bonds is 4. The van der Waals surface area contributed by atoms with Crippen molar-refractivity contribution < 1.29 is 0 Å². The molecule has 2 aromatic rings. The molecule has 0 bridgehead atoms. The summed E-state index contributed by atoms with van der Waals surface area (Å²) >= 11 is 5.81. The quantitative estimate of drug-likeness (QED) is 0.856. The van der Waals surface area contributed by atoms with Gasteiger partial charge in [0.25, 0.3) is 0 Å². The molecule has 0 saturated carbocycles. The van der Waals surface area contributed by atoms with Crippen LogP contribution < -0.4 is 5.32 Å². The SMILES string of the molecule is Cc1[nH]cnc1CNCc1ccc(Cl)cc1. The van der Waals surface area contributed by atoms with Crippen molar-refractivity contribution in [2.24, 2.45) is 0 Å². The van der Waals surface area contributed by atoms with E-state index in [1.807, 2.05) is 31.2 Å². The molecule has 2 rings (SSSR count).